The molecule has 0 amide bonds. The largest absolute Gasteiger partial charge is 0.524 e. The Kier molecular flexibility index (Phi) is 4.13. The third-order valence-electron chi connectivity index (χ3n) is 1.29. The monoisotopic (exact) mass is 210 g/mol. The number of aliphatic carboxylic acids is 1. The predicted molar refractivity (Wildman–Crippen MR) is 43.8 cm³/mol. The highest BCUT2D eigenvalue weighted by Crippen LogP contribution is 2.40. The van der Waals surface area contributed by atoms with Gasteiger partial charge in [0.05, 0.1) is 5.57 Å². The van der Waals surface area contributed by atoms with E-state index in [-0.39, 0.29) is 17.8 Å². The van der Waals surface area contributed by atoms with Gasteiger partial charge in [0.1, 0.15) is 5.76 Å². The van der Waals surface area contributed by atoms with Crippen molar-refractivity contribution < 1.29 is 28.8 Å². The van der Waals surface area contributed by atoms with Crippen LogP contribution in [0.1, 0.15) is 20.3 Å². The molecule has 0 aromatic heterocycles. The Balaban J connectivity index is 4.81. The van der Waals surface area contributed by atoms with E-state index in [2.05, 4.69) is 4.52 Å². The molecule has 0 heterocycles. The molecule has 0 fully saturated rings. The highest BCUT2D eigenvalue weighted by molar-refractivity contribution is 7.46. The Bertz CT molecular complexity index is 275. The van der Waals surface area contributed by atoms with Crippen molar-refractivity contribution in [2.75, 3.05) is 0 Å². The lowest BCUT2D eigenvalue weighted by Crippen LogP contribution is -2.02. The second-order valence-electron chi connectivity index (χ2n) is 2.29. The van der Waals surface area contributed by atoms with Gasteiger partial charge in [-0.2, -0.15) is 0 Å². The first-order valence-electron chi connectivity index (χ1n) is 3.46. The number of hydrogen-bond acceptors (Lipinski definition) is 3. The molecule has 0 unspecified atom stereocenters. The first kappa shape index (κ1) is 12.2. The van der Waals surface area contributed by atoms with Crippen molar-refractivity contribution in [3.05, 3.63) is 11.3 Å². The minimum atomic E-state index is -4.65. The maximum atomic E-state index is 10.4. The molecule has 13 heavy (non-hydrogen) atoms. The highest BCUT2D eigenvalue weighted by Gasteiger charge is 2.20. The van der Waals surface area contributed by atoms with Crippen molar-refractivity contribution in [1.29, 1.82) is 0 Å². The normalized spacial score (nSPS) is 13.5. The molecular weight excluding hydrogens is 199 g/mol. The van der Waals surface area contributed by atoms with Crippen molar-refractivity contribution in [3.8, 4) is 0 Å². The van der Waals surface area contributed by atoms with Gasteiger partial charge in [-0.3, -0.25) is 9.79 Å². The van der Waals surface area contributed by atoms with Crippen LogP contribution in [0.25, 0.3) is 0 Å². The van der Waals surface area contributed by atoms with Crippen molar-refractivity contribution in [1.82, 2.24) is 0 Å². The molecule has 0 aliphatic heterocycles. The van der Waals surface area contributed by atoms with E-state index < -0.39 is 13.8 Å². The molecule has 0 saturated carbocycles. The molecule has 7 heteroatoms. The van der Waals surface area contributed by atoms with Crippen LogP contribution in [0.15, 0.2) is 11.3 Å². The van der Waals surface area contributed by atoms with Crippen LogP contribution in [-0.2, 0) is 13.9 Å². The summed E-state index contributed by atoms with van der Waals surface area (Å²) >= 11 is 0. The Morgan fingerprint density at radius 2 is 1.92 bits per heavy atom. The van der Waals surface area contributed by atoms with Gasteiger partial charge in [-0.25, -0.2) is 9.36 Å². The minimum absolute atomic E-state index is 0.114. The second kappa shape index (κ2) is 4.41. The van der Waals surface area contributed by atoms with Gasteiger partial charge in [-0.05, 0) is 6.92 Å². The van der Waals surface area contributed by atoms with Gasteiger partial charge in [0.2, 0.25) is 0 Å². The standard InChI is InChI=1S/C6H11O6P/c1-3-5(4(2)6(7)8)12-13(9,10)11/h3H2,1-2H3,(H,7,8)(H2,9,10,11)/b5-4+. The van der Waals surface area contributed by atoms with Crippen molar-refractivity contribution in [2.24, 2.45) is 0 Å². The summed E-state index contributed by atoms with van der Waals surface area (Å²) in [5.74, 6) is -1.47. The summed E-state index contributed by atoms with van der Waals surface area (Å²) < 4.78 is 14.5. The minimum Gasteiger partial charge on any atom is -0.478 e. The van der Waals surface area contributed by atoms with Crippen molar-refractivity contribution in [2.45, 2.75) is 20.3 Å². The average molecular weight is 210 g/mol. The molecule has 0 atom stereocenters. The molecule has 0 aliphatic carbocycles. The van der Waals surface area contributed by atoms with E-state index >= 15 is 0 Å². The Labute approximate surface area is 75.1 Å². The molecule has 0 aromatic rings. The van der Waals surface area contributed by atoms with Crippen LogP contribution in [-0.4, -0.2) is 20.9 Å². The lowest BCUT2D eigenvalue weighted by Gasteiger charge is -2.10. The molecule has 0 bridgehead atoms. The van der Waals surface area contributed by atoms with E-state index in [0.717, 1.165) is 0 Å². The first-order chi connectivity index (χ1) is 5.78. The molecule has 3 N–H and O–H groups in total. The van der Waals surface area contributed by atoms with Crippen LogP contribution in [0.4, 0.5) is 0 Å². The SMILES string of the molecule is CC/C(OP(=O)(O)O)=C(/C)C(=O)O. The molecule has 0 saturated heterocycles. The fourth-order valence-corrected chi connectivity index (χ4v) is 1.21. The van der Waals surface area contributed by atoms with Gasteiger partial charge in [0.15, 0.2) is 0 Å². The number of carboxylic acid groups (broad SMARTS) is 1. The molecule has 6 nitrogen and oxygen atoms in total. The first-order valence-corrected chi connectivity index (χ1v) is 4.99. The predicted octanol–water partition coefficient (Wildman–Crippen LogP) is 0.864. The number of hydrogen-bond donors (Lipinski definition) is 3. The summed E-state index contributed by atoms with van der Waals surface area (Å²) in [5.41, 5.74) is -0.203. The van der Waals surface area contributed by atoms with Gasteiger partial charge in [-0.15, -0.1) is 0 Å². The van der Waals surface area contributed by atoms with E-state index in [9.17, 15) is 9.36 Å². The van der Waals surface area contributed by atoms with Gasteiger partial charge < -0.3 is 9.63 Å². The summed E-state index contributed by atoms with van der Waals surface area (Å²) in [7, 11) is -4.65. The van der Waals surface area contributed by atoms with Crippen LogP contribution >= 0.6 is 7.82 Å². The number of carbonyl (C=O) groups is 1. The number of phosphoric acid groups is 1. The van der Waals surface area contributed by atoms with E-state index in [0.29, 0.717) is 0 Å². The third-order valence-corrected chi connectivity index (χ3v) is 1.75. The van der Waals surface area contributed by atoms with Crippen LogP contribution in [0.2, 0.25) is 0 Å². The maximum absolute atomic E-state index is 10.4. The van der Waals surface area contributed by atoms with Gasteiger partial charge >= 0.3 is 13.8 Å². The molecule has 0 radical (unpaired) electrons. The Hall–Kier alpha value is -0.840. The summed E-state index contributed by atoms with van der Waals surface area (Å²) in [6.45, 7) is 2.76. The third kappa shape index (κ3) is 4.67. The zero-order chi connectivity index (χ0) is 10.6. The van der Waals surface area contributed by atoms with E-state index in [1.165, 1.54) is 13.8 Å². The van der Waals surface area contributed by atoms with Gasteiger partial charge in [-0.1, -0.05) is 6.92 Å². The Morgan fingerprint density at radius 3 is 2.15 bits per heavy atom. The molecule has 0 aromatic carbocycles. The topological polar surface area (TPSA) is 104 Å². The number of rotatable bonds is 4. The fraction of sp³-hybridized carbons (Fsp3) is 0.500. The van der Waals surface area contributed by atoms with Gasteiger partial charge in [0.25, 0.3) is 0 Å². The number of carboxylic acids is 1. The zero-order valence-electron chi connectivity index (χ0n) is 7.22. The Morgan fingerprint density at radius 1 is 1.46 bits per heavy atom. The number of allylic oxidation sites excluding steroid dienone is 1. The molecule has 0 rings (SSSR count). The molecule has 0 spiro atoms. The van der Waals surface area contributed by atoms with Crippen LogP contribution in [0.5, 0.6) is 0 Å². The van der Waals surface area contributed by atoms with Crippen LogP contribution in [0.3, 0.4) is 0 Å². The highest BCUT2D eigenvalue weighted by atomic mass is 31.2. The van der Waals surface area contributed by atoms with Crippen LogP contribution < -0.4 is 0 Å². The zero-order valence-corrected chi connectivity index (χ0v) is 8.12. The summed E-state index contributed by atoms with van der Waals surface area (Å²) in [6, 6.07) is 0. The summed E-state index contributed by atoms with van der Waals surface area (Å²) in [6.07, 6.45) is 0.114. The maximum Gasteiger partial charge on any atom is 0.524 e. The molecule has 76 valence electrons. The lowest BCUT2D eigenvalue weighted by atomic mass is 10.2. The summed E-state index contributed by atoms with van der Waals surface area (Å²) in [4.78, 5) is 27.2. The quantitative estimate of drug-likeness (QED) is 0.361. The second-order valence-corrected chi connectivity index (χ2v) is 3.45. The van der Waals surface area contributed by atoms with Crippen molar-refractivity contribution >= 4 is 13.8 Å². The van der Waals surface area contributed by atoms with E-state index in [1.54, 1.807) is 0 Å². The summed E-state index contributed by atoms with van der Waals surface area (Å²) in [5, 5.41) is 8.49. The van der Waals surface area contributed by atoms with Gasteiger partial charge in [0, 0.05) is 6.42 Å². The van der Waals surface area contributed by atoms with Crippen LogP contribution in [0, 0.1) is 0 Å². The smallest absolute Gasteiger partial charge is 0.478 e. The van der Waals surface area contributed by atoms with E-state index in [1.807, 2.05) is 0 Å². The number of phosphoric ester groups is 1. The molecule has 0 aliphatic rings. The average Bonchev–Trinajstić information content (AvgIpc) is 1.97. The fourth-order valence-electron chi connectivity index (χ4n) is 0.661. The molecular formula is C6H11O6P. The van der Waals surface area contributed by atoms with Crippen molar-refractivity contribution in [3.63, 3.8) is 0 Å². The lowest BCUT2D eigenvalue weighted by molar-refractivity contribution is -0.132. The van der Waals surface area contributed by atoms with E-state index in [4.69, 9.17) is 14.9 Å².